The van der Waals surface area contributed by atoms with Gasteiger partial charge >= 0.3 is 11.6 Å². The highest BCUT2D eigenvalue weighted by atomic mass is 16.5. The minimum atomic E-state index is -0.604. The summed E-state index contributed by atoms with van der Waals surface area (Å²) in [6.45, 7) is 1.60. The number of aromatic nitrogens is 2. The third-order valence-electron chi connectivity index (χ3n) is 5.68. The van der Waals surface area contributed by atoms with Crippen LogP contribution < -0.4 is 5.63 Å². The Morgan fingerprint density at radius 3 is 2.76 bits per heavy atom. The molecular formula is C26H16N2O6. The predicted molar refractivity (Wildman–Crippen MR) is 123 cm³/mol. The zero-order valence-electron chi connectivity index (χ0n) is 17.9. The number of nitrogens with zero attached hydrogens (tertiary/aromatic N) is 2. The van der Waals surface area contributed by atoms with Crippen molar-refractivity contribution in [3.05, 3.63) is 94.2 Å². The average Bonchev–Trinajstić information content (AvgIpc) is 3.52. The van der Waals surface area contributed by atoms with E-state index in [1.54, 1.807) is 31.2 Å². The van der Waals surface area contributed by atoms with Crippen molar-refractivity contribution in [2.45, 2.75) is 13.5 Å². The number of hydrogen-bond acceptors (Lipinski definition) is 8. The van der Waals surface area contributed by atoms with E-state index in [0.29, 0.717) is 33.7 Å². The van der Waals surface area contributed by atoms with Crippen LogP contribution in [0.2, 0.25) is 0 Å². The monoisotopic (exact) mass is 452 g/mol. The van der Waals surface area contributed by atoms with E-state index in [9.17, 15) is 9.59 Å². The number of ether oxygens (including phenoxy) is 1. The largest absolute Gasteiger partial charge is 0.463 e. The molecule has 0 bridgehead atoms. The second-order valence-corrected chi connectivity index (χ2v) is 7.81. The minimum Gasteiger partial charge on any atom is -0.463 e. The second kappa shape index (κ2) is 7.70. The highest BCUT2D eigenvalue weighted by molar-refractivity contribution is 6.07. The fraction of sp³-hybridized carbons (Fsp3) is 0.0769. The molecule has 166 valence electrons. The Hall–Kier alpha value is -4.72. The Bertz CT molecular complexity index is 1760. The topological polar surface area (TPSA) is 109 Å². The fourth-order valence-corrected chi connectivity index (χ4v) is 4.16. The van der Waals surface area contributed by atoms with Gasteiger partial charge in [-0.25, -0.2) is 14.6 Å². The fourth-order valence-electron chi connectivity index (χ4n) is 4.16. The van der Waals surface area contributed by atoms with Crippen LogP contribution in [0.4, 0.5) is 0 Å². The lowest BCUT2D eigenvalue weighted by Crippen LogP contribution is -2.09. The number of benzene rings is 2. The third kappa shape index (κ3) is 3.24. The second-order valence-electron chi connectivity index (χ2n) is 7.81. The van der Waals surface area contributed by atoms with Crippen molar-refractivity contribution in [3.8, 4) is 11.5 Å². The maximum atomic E-state index is 13.2. The molecule has 8 heteroatoms. The molecule has 2 aromatic carbocycles. The molecule has 6 aromatic rings. The van der Waals surface area contributed by atoms with Gasteiger partial charge < -0.3 is 18.1 Å². The van der Waals surface area contributed by atoms with Gasteiger partial charge in [0.25, 0.3) is 5.71 Å². The normalized spacial score (nSPS) is 11.4. The van der Waals surface area contributed by atoms with Crippen molar-refractivity contribution in [2.24, 2.45) is 0 Å². The van der Waals surface area contributed by atoms with Crippen LogP contribution in [0.15, 0.2) is 85.1 Å². The molecule has 0 unspecified atom stereocenters. The number of rotatable bonds is 4. The van der Waals surface area contributed by atoms with E-state index >= 15 is 0 Å². The van der Waals surface area contributed by atoms with Crippen LogP contribution in [0.5, 0.6) is 0 Å². The molecule has 0 amide bonds. The van der Waals surface area contributed by atoms with Crippen molar-refractivity contribution >= 4 is 38.8 Å². The highest BCUT2D eigenvalue weighted by Crippen LogP contribution is 2.30. The SMILES string of the molecule is Cc1noc2nc(-c3ccco3)cc(C(=O)OCc3cc(=O)oc4ccc5ccccc5c34)c12. The summed E-state index contributed by atoms with van der Waals surface area (Å²) in [6, 6.07) is 17.8. The molecular weight excluding hydrogens is 436 g/mol. The van der Waals surface area contributed by atoms with Crippen molar-refractivity contribution in [3.63, 3.8) is 0 Å². The number of aryl methyl sites for hydroxylation is 1. The van der Waals surface area contributed by atoms with Gasteiger partial charge in [-0.15, -0.1) is 0 Å². The van der Waals surface area contributed by atoms with E-state index in [-0.39, 0.29) is 17.9 Å². The van der Waals surface area contributed by atoms with E-state index in [0.717, 1.165) is 16.2 Å². The van der Waals surface area contributed by atoms with Gasteiger partial charge in [0.15, 0.2) is 5.76 Å². The quantitative estimate of drug-likeness (QED) is 0.198. The third-order valence-corrected chi connectivity index (χ3v) is 5.68. The number of esters is 1. The van der Waals surface area contributed by atoms with E-state index in [1.165, 1.54) is 12.3 Å². The van der Waals surface area contributed by atoms with Gasteiger partial charge in [-0.2, -0.15) is 0 Å². The van der Waals surface area contributed by atoms with Crippen LogP contribution in [-0.4, -0.2) is 16.1 Å². The Kier molecular flexibility index (Phi) is 4.51. The molecule has 0 spiro atoms. The zero-order chi connectivity index (χ0) is 23.2. The first-order chi connectivity index (χ1) is 16.6. The summed E-state index contributed by atoms with van der Waals surface area (Å²) in [5, 5.41) is 7.00. The van der Waals surface area contributed by atoms with Crippen molar-refractivity contribution < 1.29 is 22.9 Å². The number of carbonyl (C=O) groups is 1. The van der Waals surface area contributed by atoms with Crippen LogP contribution >= 0.6 is 0 Å². The minimum absolute atomic E-state index is 0.126. The molecule has 0 aliphatic carbocycles. The first-order valence-electron chi connectivity index (χ1n) is 10.5. The molecule has 0 aliphatic rings. The van der Waals surface area contributed by atoms with Crippen LogP contribution in [0.1, 0.15) is 21.6 Å². The summed E-state index contributed by atoms with van der Waals surface area (Å²) in [5.74, 6) is -0.128. The summed E-state index contributed by atoms with van der Waals surface area (Å²) in [6.07, 6.45) is 1.52. The lowest BCUT2D eigenvalue weighted by Gasteiger charge is -2.10. The molecule has 0 atom stereocenters. The van der Waals surface area contributed by atoms with Crippen molar-refractivity contribution in [1.82, 2.24) is 10.1 Å². The van der Waals surface area contributed by atoms with Gasteiger partial charge in [0, 0.05) is 17.0 Å². The van der Waals surface area contributed by atoms with Gasteiger partial charge in [-0.3, -0.25) is 0 Å². The maximum absolute atomic E-state index is 13.2. The number of carbonyl (C=O) groups excluding carboxylic acids is 1. The lowest BCUT2D eigenvalue weighted by molar-refractivity contribution is 0.0476. The summed E-state index contributed by atoms with van der Waals surface area (Å²) >= 11 is 0. The summed E-state index contributed by atoms with van der Waals surface area (Å²) in [5.41, 5.74) is 1.83. The van der Waals surface area contributed by atoms with Crippen LogP contribution in [0.25, 0.3) is 44.3 Å². The molecule has 34 heavy (non-hydrogen) atoms. The van der Waals surface area contributed by atoms with E-state index in [1.807, 2.05) is 30.3 Å². The molecule has 0 fully saturated rings. The first kappa shape index (κ1) is 19.9. The molecule has 0 N–H and O–H groups in total. The molecule has 8 nitrogen and oxygen atoms in total. The van der Waals surface area contributed by atoms with Gasteiger partial charge in [0.2, 0.25) is 0 Å². The first-order valence-corrected chi connectivity index (χ1v) is 10.5. The summed E-state index contributed by atoms with van der Waals surface area (Å²) in [7, 11) is 0. The zero-order valence-corrected chi connectivity index (χ0v) is 17.9. The van der Waals surface area contributed by atoms with Crippen LogP contribution in [0, 0.1) is 6.92 Å². The predicted octanol–water partition coefficient (Wildman–Crippen LogP) is 5.41. The molecule has 0 radical (unpaired) electrons. The number of hydrogen-bond donors (Lipinski definition) is 0. The van der Waals surface area contributed by atoms with Gasteiger partial charge in [-0.05, 0) is 42.0 Å². The Labute approximate surface area is 191 Å². The van der Waals surface area contributed by atoms with Crippen molar-refractivity contribution in [1.29, 1.82) is 0 Å². The number of furan rings is 1. The molecule has 0 saturated heterocycles. The Balaban J connectivity index is 1.42. The van der Waals surface area contributed by atoms with Crippen LogP contribution in [-0.2, 0) is 11.3 Å². The molecule has 0 saturated carbocycles. The summed E-state index contributed by atoms with van der Waals surface area (Å²) < 4.78 is 21.8. The Morgan fingerprint density at radius 1 is 1.03 bits per heavy atom. The van der Waals surface area contributed by atoms with Gasteiger partial charge in [-0.1, -0.05) is 35.5 Å². The lowest BCUT2D eigenvalue weighted by atomic mass is 10.0. The summed E-state index contributed by atoms with van der Waals surface area (Å²) in [4.78, 5) is 29.8. The van der Waals surface area contributed by atoms with Crippen molar-refractivity contribution in [2.75, 3.05) is 0 Å². The molecule has 6 rings (SSSR count). The van der Waals surface area contributed by atoms with E-state index in [4.69, 9.17) is 18.1 Å². The smallest absolute Gasteiger partial charge is 0.339 e. The average molecular weight is 452 g/mol. The molecule has 4 heterocycles. The van der Waals surface area contributed by atoms with Gasteiger partial charge in [0.1, 0.15) is 17.9 Å². The van der Waals surface area contributed by atoms with E-state index < -0.39 is 11.6 Å². The van der Waals surface area contributed by atoms with Crippen LogP contribution in [0.3, 0.4) is 0 Å². The Morgan fingerprint density at radius 2 is 1.91 bits per heavy atom. The maximum Gasteiger partial charge on any atom is 0.339 e. The highest BCUT2D eigenvalue weighted by Gasteiger charge is 2.22. The number of pyridine rings is 1. The van der Waals surface area contributed by atoms with E-state index in [2.05, 4.69) is 10.1 Å². The molecule has 4 aromatic heterocycles. The standard InChI is InChI=1S/C26H16N2O6/c1-14-23-18(12-19(20-7-4-10-31-20)27-25(23)34-28-14)26(30)32-13-16-11-22(29)33-21-9-8-15-5-2-3-6-17(15)24(16)21/h2-12H,13H2,1H3. The van der Waals surface area contributed by atoms with Gasteiger partial charge in [0.05, 0.1) is 22.9 Å². The number of fused-ring (bicyclic) bond motifs is 4. The molecule has 0 aliphatic heterocycles.